The number of rotatable bonds is 2. The zero-order chi connectivity index (χ0) is 10.7. The minimum Gasteiger partial charge on any atom is -0.489 e. The van der Waals surface area contributed by atoms with E-state index in [0.29, 0.717) is 6.10 Å². The summed E-state index contributed by atoms with van der Waals surface area (Å²) < 4.78 is 5.90. The molecule has 0 bridgehead atoms. The van der Waals surface area contributed by atoms with Crippen molar-refractivity contribution in [2.75, 3.05) is 20.1 Å². The number of hydrogen-bond acceptors (Lipinski definition) is 3. The van der Waals surface area contributed by atoms with E-state index >= 15 is 0 Å². The van der Waals surface area contributed by atoms with Gasteiger partial charge in [0.25, 0.3) is 0 Å². The molecule has 15 heavy (non-hydrogen) atoms. The standard InChI is InChI=1S/C12H18N2O/c1-10-7-12(9-13-8-10)15-11-3-5-14(2)6-4-11/h7-9,11H,3-6H2,1-2H3. The van der Waals surface area contributed by atoms with Gasteiger partial charge in [-0.15, -0.1) is 0 Å². The van der Waals surface area contributed by atoms with Gasteiger partial charge in [-0.3, -0.25) is 4.98 Å². The molecule has 0 N–H and O–H groups in total. The van der Waals surface area contributed by atoms with Crippen LogP contribution in [0.5, 0.6) is 5.75 Å². The van der Waals surface area contributed by atoms with Gasteiger partial charge in [0.1, 0.15) is 11.9 Å². The molecule has 0 radical (unpaired) electrons. The number of aromatic nitrogens is 1. The molecule has 82 valence electrons. The van der Waals surface area contributed by atoms with E-state index in [1.807, 2.05) is 19.2 Å². The Morgan fingerprint density at radius 2 is 2.07 bits per heavy atom. The van der Waals surface area contributed by atoms with E-state index in [0.717, 1.165) is 37.2 Å². The maximum absolute atomic E-state index is 5.90. The van der Waals surface area contributed by atoms with E-state index in [2.05, 4.69) is 16.9 Å². The number of nitrogens with zero attached hydrogens (tertiary/aromatic N) is 2. The summed E-state index contributed by atoms with van der Waals surface area (Å²) in [6.45, 7) is 4.29. The molecular weight excluding hydrogens is 188 g/mol. The van der Waals surface area contributed by atoms with Crippen LogP contribution >= 0.6 is 0 Å². The average molecular weight is 206 g/mol. The molecular formula is C12H18N2O. The maximum atomic E-state index is 5.90. The molecule has 0 saturated carbocycles. The molecule has 0 unspecified atom stereocenters. The van der Waals surface area contributed by atoms with Gasteiger partial charge in [-0.05, 0) is 38.4 Å². The third-order valence-corrected chi connectivity index (χ3v) is 2.82. The molecule has 1 aliphatic rings. The predicted molar refractivity (Wildman–Crippen MR) is 60.1 cm³/mol. The molecule has 1 fully saturated rings. The van der Waals surface area contributed by atoms with Gasteiger partial charge in [-0.2, -0.15) is 0 Å². The number of hydrogen-bond donors (Lipinski definition) is 0. The van der Waals surface area contributed by atoms with Crippen LogP contribution in [0.15, 0.2) is 18.5 Å². The van der Waals surface area contributed by atoms with Crippen LogP contribution in [0.3, 0.4) is 0 Å². The van der Waals surface area contributed by atoms with Crippen LogP contribution in [0.4, 0.5) is 0 Å². The SMILES string of the molecule is Cc1cncc(OC2CCN(C)CC2)c1. The molecule has 1 aromatic rings. The van der Waals surface area contributed by atoms with Gasteiger partial charge in [0.05, 0.1) is 6.20 Å². The normalized spacial score (nSPS) is 19.1. The van der Waals surface area contributed by atoms with Crippen LogP contribution in [0.2, 0.25) is 0 Å². The lowest BCUT2D eigenvalue weighted by Crippen LogP contribution is -2.35. The van der Waals surface area contributed by atoms with E-state index in [1.54, 1.807) is 6.20 Å². The summed E-state index contributed by atoms with van der Waals surface area (Å²) in [5.41, 5.74) is 1.15. The third kappa shape index (κ3) is 2.93. The monoisotopic (exact) mass is 206 g/mol. The Morgan fingerprint density at radius 3 is 2.73 bits per heavy atom. The lowest BCUT2D eigenvalue weighted by atomic mass is 10.1. The molecule has 2 heterocycles. The Labute approximate surface area is 91.1 Å². The zero-order valence-corrected chi connectivity index (χ0v) is 9.44. The van der Waals surface area contributed by atoms with Crippen molar-refractivity contribution in [2.24, 2.45) is 0 Å². The van der Waals surface area contributed by atoms with Gasteiger partial charge < -0.3 is 9.64 Å². The Balaban J connectivity index is 1.92. The summed E-state index contributed by atoms with van der Waals surface area (Å²) in [5, 5.41) is 0. The average Bonchev–Trinajstić information content (AvgIpc) is 2.22. The van der Waals surface area contributed by atoms with Gasteiger partial charge in [0, 0.05) is 19.3 Å². The molecule has 0 amide bonds. The number of aryl methyl sites for hydroxylation is 1. The topological polar surface area (TPSA) is 25.4 Å². The largest absolute Gasteiger partial charge is 0.489 e. The molecule has 1 saturated heterocycles. The van der Waals surface area contributed by atoms with Crippen molar-refractivity contribution in [3.05, 3.63) is 24.0 Å². The maximum Gasteiger partial charge on any atom is 0.138 e. The summed E-state index contributed by atoms with van der Waals surface area (Å²) in [6.07, 6.45) is 6.24. The quantitative estimate of drug-likeness (QED) is 0.738. The summed E-state index contributed by atoms with van der Waals surface area (Å²) in [4.78, 5) is 6.47. The minimum absolute atomic E-state index is 0.366. The van der Waals surface area contributed by atoms with Crippen molar-refractivity contribution in [3.63, 3.8) is 0 Å². The molecule has 0 aliphatic carbocycles. The van der Waals surface area contributed by atoms with Crippen LogP contribution in [0, 0.1) is 6.92 Å². The number of ether oxygens (including phenoxy) is 1. The molecule has 3 heteroatoms. The Hall–Kier alpha value is -1.09. The van der Waals surface area contributed by atoms with Crippen LogP contribution < -0.4 is 4.74 Å². The number of piperidine rings is 1. The van der Waals surface area contributed by atoms with Crippen molar-refractivity contribution in [2.45, 2.75) is 25.9 Å². The second-order valence-electron chi connectivity index (χ2n) is 4.32. The van der Waals surface area contributed by atoms with Crippen LogP contribution in [-0.4, -0.2) is 36.1 Å². The van der Waals surface area contributed by atoms with Gasteiger partial charge in [-0.1, -0.05) is 0 Å². The smallest absolute Gasteiger partial charge is 0.138 e. The highest BCUT2D eigenvalue weighted by Crippen LogP contribution is 2.18. The van der Waals surface area contributed by atoms with Crippen LogP contribution in [0.1, 0.15) is 18.4 Å². The molecule has 0 aromatic carbocycles. The van der Waals surface area contributed by atoms with Gasteiger partial charge in [0.2, 0.25) is 0 Å². The summed E-state index contributed by atoms with van der Waals surface area (Å²) in [5.74, 6) is 0.907. The van der Waals surface area contributed by atoms with Gasteiger partial charge in [0.15, 0.2) is 0 Å². The lowest BCUT2D eigenvalue weighted by molar-refractivity contribution is 0.114. The molecule has 0 spiro atoms. The highest BCUT2D eigenvalue weighted by Gasteiger charge is 2.17. The van der Waals surface area contributed by atoms with Crippen LogP contribution in [0.25, 0.3) is 0 Å². The molecule has 1 aromatic heterocycles. The third-order valence-electron chi connectivity index (χ3n) is 2.82. The lowest BCUT2D eigenvalue weighted by Gasteiger charge is -2.29. The number of likely N-dealkylation sites (tertiary alicyclic amines) is 1. The Bertz CT molecular complexity index is 319. The Kier molecular flexibility index (Phi) is 3.21. The fraction of sp³-hybridized carbons (Fsp3) is 0.583. The first-order valence-corrected chi connectivity index (χ1v) is 5.51. The van der Waals surface area contributed by atoms with E-state index < -0.39 is 0 Å². The molecule has 3 nitrogen and oxygen atoms in total. The molecule has 1 aliphatic heterocycles. The van der Waals surface area contributed by atoms with Crippen molar-refractivity contribution in [1.29, 1.82) is 0 Å². The van der Waals surface area contributed by atoms with Gasteiger partial charge >= 0.3 is 0 Å². The fourth-order valence-corrected chi connectivity index (χ4v) is 1.89. The highest BCUT2D eigenvalue weighted by molar-refractivity contribution is 5.22. The number of pyridine rings is 1. The van der Waals surface area contributed by atoms with E-state index in [1.165, 1.54) is 0 Å². The predicted octanol–water partition coefficient (Wildman–Crippen LogP) is 1.86. The zero-order valence-electron chi connectivity index (χ0n) is 9.44. The Morgan fingerprint density at radius 1 is 1.33 bits per heavy atom. The van der Waals surface area contributed by atoms with Gasteiger partial charge in [-0.25, -0.2) is 0 Å². The minimum atomic E-state index is 0.366. The first-order chi connectivity index (χ1) is 7.24. The van der Waals surface area contributed by atoms with E-state index in [-0.39, 0.29) is 0 Å². The van der Waals surface area contributed by atoms with Crippen molar-refractivity contribution < 1.29 is 4.74 Å². The van der Waals surface area contributed by atoms with Crippen molar-refractivity contribution in [1.82, 2.24) is 9.88 Å². The molecule has 2 rings (SSSR count). The van der Waals surface area contributed by atoms with E-state index in [9.17, 15) is 0 Å². The molecule has 0 atom stereocenters. The van der Waals surface area contributed by atoms with Crippen LogP contribution in [-0.2, 0) is 0 Å². The van der Waals surface area contributed by atoms with Crippen molar-refractivity contribution in [3.8, 4) is 5.75 Å². The van der Waals surface area contributed by atoms with E-state index in [4.69, 9.17) is 4.74 Å². The summed E-state index contributed by atoms with van der Waals surface area (Å²) in [6, 6.07) is 2.05. The second kappa shape index (κ2) is 4.62. The van der Waals surface area contributed by atoms with Crippen molar-refractivity contribution >= 4 is 0 Å². The first-order valence-electron chi connectivity index (χ1n) is 5.51. The highest BCUT2D eigenvalue weighted by atomic mass is 16.5. The second-order valence-corrected chi connectivity index (χ2v) is 4.32. The summed E-state index contributed by atoms with van der Waals surface area (Å²) >= 11 is 0. The first kappa shape index (κ1) is 10.4. The fourth-order valence-electron chi connectivity index (χ4n) is 1.89. The summed E-state index contributed by atoms with van der Waals surface area (Å²) in [7, 11) is 2.16.